The summed E-state index contributed by atoms with van der Waals surface area (Å²) in [6.07, 6.45) is 3.87. The van der Waals surface area contributed by atoms with Gasteiger partial charge < -0.3 is 10.3 Å². The minimum Gasteiger partial charge on any atom is -0.350 e. The Morgan fingerprint density at radius 2 is 2.18 bits per heavy atom. The number of nitrogens with zero attached hydrogens (tertiary/aromatic N) is 1. The normalized spacial score (nSPS) is 12.7. The lowest BCUT2D eigenvalue weighted by Crippen LogP contribution is -2.04. The maximum atomic E-state index is 13.3. The maximum Gasteiger partial charge on any atom is 0.142 e. The van der Waals surface area contributed by atoms with E-state index >= 15 is 0 Å². The molecule has 2 N–H and O–H groups in total. The molecule has 2 aromatic rings. The van der Waals surface area contributed by atoms with Gasteiger partial charge in [0.1, 0.15) is 5.82 Å². The van der Waals surface area contributed by atoms with E-state index in [1.54, 1.807) is 6.07 Å². The summed E-state index contributed by atoms with van der Waals surface area (Å²) in [6.45, 7) is 2.47. The van der Waals surface area contributed by atoms with Crippen molar-refractivity contribution in [2.45, 2.75) is 19.5 Å². The van der Waals surface area contributed by atoms with Gasteiger partial charge in [0.25, 0.3) is 0 Å². The summed E-state index contributed by atoms with van der Waals surface area (Å²) in [6, 6.07) is 6.79. The van der Waals surface area contributed by atoms with Gasteiger partial charge in [-0.05, 0) is 30.2 Å². The first-order chi connectivity index (χ1) is 8.08. The quantitative estimate of drug-likeness (QED) is 0.892. The number of hydrogen-bond acceptors (Lipinski definition) is 1. The molecular formula is C13H14ClFN2. The molecule has 4 heteroatoms. The van der Waals surface area contributed by atoms with Crippen molar-refractivity contribution in [3.8, 4) is 0 Å². The smallest absolute Gasteiger partial charge is 0.142 e. The standard InChI is InChI=1S/C13H14ClFN2/c1-9(16)10-5-6-17(7-10)8-11-3-2-4-12(15)13(11)14/h2-7,9H,8,16H2,1H3. The third kappa shape index (κ3) is 2.68. The van der Waals surface area contributed by atoms with Crippen molar-refractivity contribution in [2.75, 3.05) is 0 Å². The summed E-state index contributed by atoms with van der Waals surface area (Å²) in [5.41, 5.74) is 7.59. The molecule has 2 nitrogen and oxygen atoms in total. The Labute approximate surface area is 105 Å². The van der Waals surface area contributed by atoms with Crippen molar-refractivity contribution in [1.29, 1.82) is 0 Å². The van der Waals surface area contributed by atoms with Crippen LogP contribution in [0.25, 0.3) is 0 Å². The number of nitrogens with two attached hydrogens (primary N) is 1. The van der Waals surface area contributed by atoms with Crippen molar-refractivity contribution in [3.63, 3.8) is 0 Å². The highest BCUT2D eigenvalue weighted by Crippen LogP contribution is 2.21. The van der Waals surface area contributed by atoms with Crippen LogP contribution in [0.1, 0.15) is 24.1 Å². The Morgan fingerprint density at radius 1 is 1.41 bits per heavy atom. The number of aromatic nitrogens is 1. The third-order valence-corrected chi connectivity index (χ3v) is 3.11. The van der Waals surface area contributed by atoms with Crippen LogP contribution in [-0.4, -0.2) is 4.57 Å². The fourth-order valence-electron chi connectivity index (χ4n) is 1.69. The molecule has 0 aliphatic carbocycles. The average molecular weight is 253 g/mol. The highest BCUT2D eigenvalue weighted by Gasteiger charge is 2.07. The number of benzene rings is 1. The molecule has 0 spiro atoms. The van der Waals surface area contributed by atoms with Crippen LogP contribution >= 0.6 is 11.6 Å². The molecule has 1 aromatic heterocycles. The van der Waals surface area contributed by atoms with Gasteiger partial charge in [0.05, 0.1) is 5.02 Å². The van der Waals surface area contributed by atoms with Crippen molar-refractivity contribution < 1.29 is 4.39 Å². The third-order valence-electron chi connectivity index (χ3n) is 2.68. The van der Waals surface area contributed by atoms with Crippen LogP contribution in [0.5, 0.6) is 0 Å². The molecule has 0 saturated heterocycles. The SMILES string of the molecule is CC(N)c1ccn(Cc2cccc(F)c2Cl)c1. The molecule has 2 rings (SSSR count). The van der Waals surface area contributed by atoms with E-state index in [-0.39, 0.29) is 16.9 Å². The van der Waals surface area contributed by atoms with Crippen LogP contribution in [0.4, 0.5) is 4.39 Å². The molecule has 90 valence electrons. The monoisotopic (exact) mass is 252 g/mol. The Balaban J connectivity index is 2.22. The molecule has 0 bridgehead atoms. The highest BCUT2D eigenvalue weighted by atomic mass is 35.5. The van der Waals surface area contributed by atoms with E-state index in [4.69, 9.17) is 17.3 Å². The lowest BCUT2D eigenvalue weighted by molar-refractivity contribution is 0.624. The summed E-state index contributed by atoms with van der Waals surface area (Å²) < 4.78 is 15.2. The van der Waals surface area contributed by atoms with E-state index < -0.39 is 0 Å². The van der Waals surface area contributed by atoms with Crippen molar-refractivity contribution in [2.24, 2.45) is 5.73 Å². The van der Waals surface area contributed by atoms with Crippen molar-refractivity contribution >= 4 is 11.6 Å². The minimum atomic E-state index is -0.385. The zero-order valence-electron chi connectivity index (χ0n) is 9.53. The van der Waals surface area contributed by atoms with Gasteiger partial charge in [-0.2, -0.15) is 0 Å². The summed E-state index contributed by atoms with van der Waals surface area (Å²) in [5.74, 6) is -0.385. The van der Waals surface area contributed by atoms with Gasteiger partial charge in [0, 0.05) is 25.0 Å². The van der Waals surface area contributed by atoms with E-state index in [2.05, 4.69) is 0 Å². The van der Waals surface area contributed by atoms with Gasteiger partial charge in [-0.3, -0.25) is 0 Å². The van der Waals surface area contributed by atoms with E-state index in [1.165, 1.54) is 6.07 Å². The molecule has 1 unspecified atom stereocenters. The van der Waals surface area contributed by atoms with Crippen LogP contribution < -0.4 is 5.73 Å². The van der Waals surface area contributed by atoms with Crippen LogP contribution in [0, 0.1) is 5.82 Å². The van der Waals surface area contributed by atoms with Crippen LogP contribution in [0.3, 0.4) is 0 Å². The van der Waals surface area contributed by atoms with Gasteiger partial charge in [-0.1, -0.05) is 23.7 Å². The van der Waals surface area contributed by atoms with Crippen LogP contribution in [0.2, 0.25) is 5.02 Å². The Bertz CT molecular complexity index is 520. The summed E-state index contributed by atoms with van der Waals surface area (Å²) in [4.78, 5) is 0. The lowest BCUT2D eigenvalue weighted by atomic mass is 10.2. The molecule has 0 aliphatic heterocycles. The Morgan fingerprint density at radius 3 is 2.82 bits per heavy atom. The lowest BCUT2D eigenvalue weighted by Gasteiger charge is -2.06. The summed E-state index contributed by atoms with van der Waals surface area (Å²) in [5, 5.41) is 0.184. The van der Waals surface area contributed by atoms with E-state index in [0.717, 1.165) is 11.1 Å². The molecular weight excluding hydrogens is 239 g/mol. The van der Waals surface area contributed by atoms with Gasteiger partial charge in [-0.15, -0.1) is 0 Å². The largest absolute Gasteiger partial charge is 0.350 e. The zero-order chi connectivity index (χ0) is 12.4. The molecule has 0 aliphatic rings. The van der Waals surface area contributed by atoms with Gasteiger partial charge in [-0.25, -0.2) is 4.39 Å². The Hall–Kier alpha value is -1.32. The predicted octanol–water partition coefficient (Wildman–Crippen LogP) is 3.35. The molecule has 1 heterocycles. The molecule has 0 radical (unpaired) electrons. The van der Waals surface area contributed by atoms with Crippen LogP contribution in [-0.2, 0) is 6.54 Å². The second-order valence-electron chi connectivity index (χ2n) is 4.12. The first-order valence-electron chi connectivity index (χ1n) is 5.42. The van der Waals surface area contributed by atoms with E-state index in [9.17, 15) is 4.39 Å². The minimum absolute atomic E-state index is 0.000712. The zero-order valence-corrected chi connectivity index (χ0v) is 10.3. The number of halogens is 2. The predicted molar refractivity (Wildman–Crippen MR) is 67.5 cm³/mol. The molecule has 0 amide bonds. The highest BCUT2D eigenvalue weighted by molar-refractivity contribution is 6.31. The molecule has 17 heavy (non-hydrogen) atoms. The summed E-state index contributed by atoms with van der Waals surface area (Å²) >= 11 is 5.90. The van der Waals surface area contributed by atoms with Gasteiger partial charge in [0.2, 0.25) is 0 Å². The van der Waals surface area contributed by atoms with Gasteiger partial charge >= 0.3 is 0 Å². The van der Waals surface area contributed by atoms with Gasteiger partial charge in [0.15, 0.2) is 0 Å². The maximum absolute atomic E-state index is 13.3. The molecule has 0 fully saturated rings. The van der Waals surface area contributed by atoms with Crippen LogP contribution in [0.15, 0.2) is 36.7 Å². The average Bonchev–Trinajstić information content (AvgIpc) is 2.73. The van der Waals surface area contributed by atoms with Crippen molar-refractivity contribution in [1.82, 2.24) is 4.57 Å². The topological polar surface area (TPSA) is 30.9 Å². The Kier molecular flexibility index (Phi) is 3.50. The van der Waals surface area contributed by atoms with E-state index in [1.807, 2.05) is 36.0 Å². The van der Waals surface area contributed by atoms with E-state index in [0.29, 0.717) is 6.54 Å². The first kappa shape index (κ1) is 12.1. The molecule has 1 aromatic carbocycles. The number of rotatable bonds is 3. The first-order valence-corrected chi connectivity index (χ1v) is 5.80. The van der Waals surface area contributed by atoms with Crippen molar-refractivity contribution in [3.05, 3.63) is 58.6 Å². The second-order valence-corrected chi connectivity index (χ2v) is 4.50. The number of hydrogen-bond donors (Lipinski definition) is 1. The fraction of sp³-hybridized carbons (Fsp3) is 0.231. The second kappa shape index (κ2) is 4.90. The fourth-order valence-corrected chi connectivity index (χ4v) is 1.88. The summed E-state index contributed by atoms with van der Waals surface area (Å²) in [7, 11) is 0. The molecule has 1 atom stereocenters. The molecule has 0 saturated carbocycles.